The van der Waals surface area contributed by atoms with E-state index >= 15 is 0 Å². The highest BCUT2D eigenvalue weighted by Crippen LogP contribution is 2.42. The Bertz CT molecular complexity index is 1450. The van der Waals surface area contributed by atoms with Gasteiger partial charge in [-0.2, -0.15) is 10.2 Å². The SMILES string of the molecule is COc1cc(/N=N/c2cccc3c2CN(C2CCC(=O)NC2=O)C3=O)cc(OC)c1OCC(=O)NCCOCCOCCCCCCCl. The fourth-order valence-electron chi connectivity index (χ4n) is 5.27. The number of piperidine rings is 1. The second-order valence-electron chi connectivity index (χ2n) is 11.0. The van der Waals surface area contributed by atoms with Crippen LogP contribution < -0.4 is 24.8 Å². The Labute approximate surface area is 284 Å². The number of hydrogen-bond acceptors (Lipinski definition) is 11. The second-order valence-corrected chi connectivity index (χ2v) is 11.4. The summed E-state index contributed by atoms with van der Waals surface area (Å²) in [6.45, 7) is 2.16. The van der Waals surface area contributed by atoms with Crippen LogP contribution in [0.15, 0.2) is 40.6 Å². The average molecular weight is 688 g/mol. The maximum Gasteiger partial charge on any atom is 0.258 e. The van der Waals surface area contributed by atoms with Crippen molar-refractivity contribution in [2.45, 2.75) is 51.1 Å². The molecule has 4 rings (SSSR count). The summed E-state index contributed by atoms with van der Waals surface area (Å²) in [7, 11) is 2.90. The molecule has 48 heavy (non-hydrogen) atoms. The van der Waals surface area contributed by atoms with Gasteiger partial charge < -0.3 is 33.9 Å². The van der Waals surface area contributed by atoms with E-state index in [2.05, 4.69) is 20.9 Å². The Morgan fingerprint density at radius 2 is 1.71 bits per heavy atom. The summed E-state index contributed by atoms with van der Waals surface area (Å²) in [5, 5.41) is 13.8. The van der Waals surface area contributed by atoms with Crippen LogP contribution in [0.1, 0.15) is 54.4 Å². The number of azo groups is 1. The minimum Gasteiger partial charge on any atom is -0.493 e. The largest absolute Gasteiger partial charge is 0.493 e. The number of carbonyl (C=O) groups is 4. The molecule has 1 atom stereocenters. The normalized spacial score (nSPS) is 15.9. The van der Waals surface area contributed by atoms with Crippen LogP contribution in [-0.4, -0.2) is 94.2 Å². The lowest BCUT2D eigenvalue weighted by molar-refractivity contribution is -0.137. The number of methoxy groups -OCH3 is 2. The zero-order chi connectivity index (χ0) is 34.3. The molecular formula is C33H42ClN5O9. The number of carbonyl (C=O) groups excluding carboxylic acids is 4. The predicted octanol–water partition coefficient (Wildman–Crippen LogP) is 4.21. The zero-order valence-electron chi connectivity index (χ0n) is 27.3. The predicted molar refractivity (Wildman–Crippen MR) is 176 cm³/mol. The fraction of sp³-hybridized carbons (Fsp3) is 0.515. The average Bonchev–Trinajstić information content (AvgIpc) is 3.42. The lowest BCUT2D eigenvalue weighted by Crippen LogP contribution is -2.52. The quantitative estimate of drug-likeness (QED) is 0.0897. The first-order valence-corrected chi connectivity index (χ1v) is 16.4. The fourth-order valence-corrected chi connectivity index (χ4v) is 5.46. The highest BCUT2D eigenvalue weighted by molar-refractivity contribution is 6.17. The molecule has 0 saturated carbocycles. The van der Waals surface area contributed by atoms with Crippen LogP contribution >= 0.6 is 11.6 Å². The Morgan fingerprint density at radius 3 is 2.42 bits per heavy atom. The van der Waals surface area contributed by atoms with Crippen molar-refractivity contribution in [3.63, 3.8) is 0 Å². The summed E-state index contributed by atoms with van der Waals surface area (Å²) >= 11 is 5.67. The van der Waals surface area contributed by atoms with E-state index in [9.17, 15) is 19.2 Å². The van der Waals surface area contributed by atoms with Gasteiger partial charge in [-0.05, 0) is 31.4 Å². The Hall–Kier alpha value is -4.27. The molecule has 14 nitrogen and oxygen atoms in total. The molecule has 1 saturated heterocycles. The first kappa shape index (κ1) is 36.6. The van der Waals surface area contributed by atoms with Gasteiger partial charge in [-0.25, -0.2) is 0 Å². The molecule has 0 spiro atoms. The maximum absolute atomic E-state index is 13.1. The van der Waals surface area contributed by atoms with Gasteiger partial charge in [0.25, 0.3) is 11.8 Å². The molecule has 2 heterocycles. The van der Waals surface area contributed by atoms with Crippen molar-refractivity contribution in [2.75, 3.05) is 59.7 Å². The number of imide groups is 1. The number of nitrogens with one attached hydrogen (secondary N) is 2. The van der Waals surface area contributed by atoms with E-state index in [1.54, 1.807) is 30.3 Å². The third kappa shape index (κ3) is 10.1. The summed E-state index contributed by atoms with van der Waals surface area (Å²) in [4.78, 5) is 51.0. The van der Waals surface area contributed by atoms with Gasteiger partial charge in [-0.15, -0.1) is 11.6 Å². The first-order chi connectivity index (χ1) is 23.4. The number of fused-ring (bicyclic) bond motifs is 1. The Kier molecular flexibility index (Phi) is 14.4. The van der Waals surface area contributed by atoms with Gasteiger partial charge in [0.2, 0.25) is 17.6 Å². The molecule has 1 unspecified atom stereocenters. The van der Waals surface area contributed by atoms with Crippen molar-refractivity contribution >= 4 is 46.6 Å². The van der Waals surface area contributed by atoms with Crippen molar-refractivity contribution in [1.29, 1.82) is 0 Å². The van der Waals surface area contributed by atoms with Crippen LogP contribution in [0.4, 0.5) is 11.4 Å². The molecule has 2 N–H and O–H groups in total. The van der Waals surface area contributed by atoms with Crippen LogP contribution in [0, 0.1) is 0 Å². The zero-order valence-corrected chi connectivity index (χ0v) is 28.0. The number of hydrogen-bond donors (Lipinski definition) is 2. The number of benzene rings is 2. The van der Waals surface area contributed by atoms with Gasteiger partial charge in [0, 0.05) is 55.3 Å². The van der Waals surface area contributed by atoms with Gasteiger partial charge in [0.15, 0.2) is 18.1 Å². The monoisotopic (exact) mass is 687 g/mol. The molecule has 0 bridgehead atoms. The first-order valence-electron chi connectivity index (χ1n) is 15.9. The van der Waals surface area contributed by atoms with E-state index in [-0.39, 0.29) is 61.0 Å². The van der Waals surface area contributed by atoms with Crippen LogP contribution in [0.25, 0.3) is 0 Å². The Morgan fingerprint density at radius 1 is 0.979 bits per heavy atom. The van der Waals surface area contributed by atoms with Gasteiger partial charge in [0.05, 0.1) is 45.4 Å². The lowest BCUT2D eigenvalue weighted by atomic mass is 10.0. The minimum atomic E-state index is -0.736. The lowest BCUT2D eigenvalue weighted by Gasteiger charge is -2.29. The van der Waals surface area contributed by atoms with E-state index in [0.29, 0.717) is 61.4 Å². The van der Waals surface area contributed by atoms with Crippen LogP contribution in [0.5, 0.6) is 17.2 Å². The number of alkyl halides is 1. The maximum atomic E-state index is 13.1. The molecule has 2 aliphatic rings. The topological polar surface area (TPSA) is 166 Å². The van der Waals surface area contributed by atoms with E-state index < -0.39 is 11.9 Å². The summed E-state index contributed by atoms with van der Waals surface area (Å²) in [5.74, 6) is -0.0206. The number of halogens is 1. The molecule has 260 valence electrons. The molecule has 2 aliphatic heterocycles. The van der Waals surface area contributed by atoms with Crippen molar-refractivity contribution in [3.05, 3.63) is 41.5 Å². The second kappa shape index (κ2) is 18.9. The summed E-state index contributed by atoms with van der Waals surface area (Å²) in [5.41, 5.74) is 1.88. The van der Waals surface area contributed by atoms with Crippen LogP contribution in [0.2, 0.25) is 0 Å². The van der Waals surface area contributed by atoms with Gasteiger partial charge >= 0.3 is 0 Å². The minimum absolute atomic E-state index is 0.160. The van der Waals surface area contributed by atoms with Gasteiger partial charge in [0.1, 0.15) is 6.04 Å². The van der Waals surface area contributed by atoms with E-state index in [0.717, 1.165) is 25.7 Å². The van der Waals surface area contributed by atoms with Crippen molar-refractivity contribution in [3.8, 4) is 17.2 Å². The third-order valence-electron chi connectivity index (χ3n) is 7.74. The van der Waals surface area contributed by atoms with E-state index in [1.165, 1.54) is 19.1 Å². The molecule has 0 aliphatic carbocycles. The number of nitrogens with zero attached hydrogens (tertiary/aromatic N) is 3. The summed E-state index contributed by atoms with van der Waals surface area (Å²) in [6.07, 6.45) is 4.67. The highest BCUT2D eigenvalue weighted by Gasteiger charge is 2.39. The highest BCUT2D eigenvalue weighted by atomic mass is 35.5. The molecule has 2 aromatic carbocycles. The third-order valence-corrected chi connectivity index (χ3v) is 8.00. The molecule has 15 heteroatoms. The van der Waals surface area contributed by atoms with E-state index in [1.807, 2.05) is 0 Å². The van der Waals surface area contributed by atoms with Crippen molar-refractivity contribution in [1.82, 2.24) is 15.5 Å². The molecule has 0 radical (unpaired) electrons. The molecule has 2 aromatic rings. The van der Waals surface area contributed by atoms with Crippen molar-refractivity contribution in [2.24, 2.45) is 10.2 Å². The molecule has 0 aromatic heterocycles. The number of ether oxygens (including phenoxy) is 5. The van der Waals surface area contributed by atoms with Gasteiger partial charge in [-0.1, -0.05) is 18.9 Å². The number of rotatable bonds is 20. The van der Waals surface area contributed by atoms with Crippen molar-refractivity contribution < 1.29 is 42.9 Å². The standard InChI is InChI=1S/C33H42ClN5O9/c1-44-27-18-22(37-38-25-9-7-8-23-24(25)20-39(33(23)43)26-10-11-29(40)36-32(26)42)19-28(45-2)31(27)48-21-30(41)35-13-15-47-17-16-46-14-6-4-3-5-12-34/h7-9,18-19,26H,3-6,10-17,20-21H2,1-2H3,(H,35,41)(H,36,40,42)/b38-37+. The molecular weight excluding hydrogens is 646 g/mol. The van der Waals surface area contributed by atoms with Crippen LogP contribution in [0.3, 0.4) is 0 Å². The Balaban J connectivity index is 1.27. The summed E-state index contributed by atoms with van der Waals surface area (Å²) < 4.78 is 27.8. The smallest absolute Gasteiger partial charge is 0.258 e. The summed E-state index contributed by atoms with van der Waals surface area (Å²) in [6, 6.07) is 7.52. The number of amides is 4. The molecule has 4 amide bonds. The van der Waals surface area contributed by atoms with Gasteiger partial charge in [-0.3, -0.25) is 24.5 Å². The van der Waals surface area contributed by atoms with Crippen LogP contribution in [-0.2, 0) is 30.4 Å². The van der Waals surface area contributed by atoms with E-state index in [4.69, 9.17) is 35.3 Å². The number of unbranched alkanes of at least 4 members (excludes halogenated alkanes) is 3. The molecule has 1 fully saturated rings.